The fourth-order valence-electron chi connectivity index (χ4n) is 1.54. The van der Waals surface area contributed by atoms with Crippen LogP contribution in [0.15, 0.2) is 6.07 Å². The van der Waals surface area contributed by atoms with Crippen molar-refractivity contribution in [1.82, 2.24) is 9.88 Å². The van der Waals surface area contributed by atoms with Gasteiger partial charge in [-0.1, -0.05) is 13.8 Å². The van der Waals surface area contributed by atoms with Crippen LogP contribution < -0.4 is 5.32 Å². The van der Waals surface area contributed by atoms with Gasteiger partial charge in [-0.25, -0.2) is 0 Å². The Morgan fingerprint density at radius 2 is 1.88 bits per heavy atom. The highest BCUT2D eigenvalue weighted by Crippen LogP contribution is 2.13. The van der Waals surface area contributed by atoms with E-state index >= 15 is 0 Å². The Kier molecular flexibility index (Phi) is 3.79. The van der Waals surface area contributed by atoms with Crippen molar-refractivity contribution in [3.05, 3.63) is 23.0 Å². The standard InChI is InChI=1S/C13H22N2O/c1-8(2)10(4)14-13(16)12-7-9(3)15(6)11(12)5/h7-8,10H,1-6H3,(H,14,16). The fraction of sp³-hybridized carbons (Fsp3) is 0.615. The number of hydrogen-bond donors (Lipinski definition) is 1. The molecular weight excluding hydrogens is 200 g/mol. The van der Waals surface area contributed by atoms with Gasteiger partial charge in [0.2, 0.25) is 0 Å². The molecule has 1 aromatic heterocycles. The zero-order valence-corrected chi connectivity index (χ0v) is 11.1. The maximum absolute atomic E-state index is 12.0. The predicted molar refractivity (Wildman–Crippen MR) is 66.7 cm³/mol. The van der Waals surface area contributed by atoms with Gasteiger partial charge in [0.05, 0.1) is 5.56 Å². The maximum atomic E-state index is 12.0. The van der Waals surface area contributed by atoms with Crippen molar-refractivity contribution in [3.63, 3.8) is 0 Å². The van der Waals surface area contributed by atoms with Gasteiger partial charge in [0.25, 0.3) is 5.91 Å². The first-order chi connectivity index (χ1) is 7.34. The van der Waals surface area contributed by atoms with Crippen molar-refractivity contribution in [1.29, 1.82) is 0 Å². The molecular formula is C13H22N2O. The SMILES string of the molecule is Cc1cc(C(=O)NC(C)C(C)C)c(C)n1C. The number of aromatic nitrogens is 1. The summed E-state index contributed by atoms with van der Waals surface area (Å²) >= 11 is 0. The molecule has 90 valence electrons. The minimum atomic E-state index is 0.0300. The predicted octanol–water partition coefficient (Wildman–Crippen LogP) is 2.42. The van der Waals surface area contributed by atoms with E-state index in [-0.39, 0.29) is 11.9 Å². The molecule has 0 aliphatic heterocycles. The molecule has 3 nitrogen and oxygen atoms in total. The van der Waals surface area contributed by atoms with Crippen molar-refractivity contribution in [2.24, 2.45) is 13.0 Å². The zero-order valence-electron chi connectivity index (χ0n) is 11.1. The van der Waals surface area contributed by atoms with Crippen LogP contribution in [0.25, 0.3) is 0 Å². The minimum Gasteiger partial charge on any atom is -0.351 e. The van der Waals surface area contributed by atoms with E-state index in [1.165, 1.54) is 0 Å². The van der Waals surface area contributed by atoms with Crippen LogP contribution in [0.1, 0.15) is 42.5 Å². The van der Waals surface area contributed by atoms with Gasteiger partial charge in [-0.05, 0) is 32.8 Å². The fourth-order valence-corrected chi connectivity index (χ4v) is 1.54. The molecule has 1 atom stereocenters. The van der Waals surface area contributed by atoms with Crippen LogP contribution in [0.4, 0.5) is 0 Å². The van der Waals surface area contributed by atoms with Crippen LogP contribution in [-0.2, 0) is 7.05 Å². The Hall–Kier alpha value is -1.25. The van der Waals surface area contributed by atoms with E-state index in [2.05, 4.69) is 19.2 Å². The summed E-state index contributed by atoms with van der Waals surface area (Å²) in [6.45, 7) is 10.2. The van der Waals surface area contributed by atoms with Gasteiger partial charge < -0.3 is 9.88 Å². The van der Waals surface area contributed by atoms with E-state index in [0.29, 0.717) is 5.92 Å². The van der Waals surface area contributed by atoms with Crippen LogP contribution in [0, 0.1) is 19.8 Å². The number of amides is 1. The van der Waals surface area contributed by atoms with Gasteiger partial charge >= 0.3 is 0 Å². The smallest absolute Gasteiger partial charge is 0.253 e. The number of nitrogens with zero attached hydrogens (tertiary/aromatic N) is 1. The van der Waals surface area contributed by atoms with Crippen molar-refractivity contribution in [2.75, 3.05) is 0 Å². The third kappa shape index (κ3) is 2.46. The number of aryl methyl sites for hydroxylation is 1. The number of carbonyl (C=O) groups excluding carboxylic acids is 1. The van der Waals surface area contributed by atoms with Gasteiger partial charge in [-0.3, -0.25) is 4.79 Å². The topological polar surface area (TPSA) is 34.0 Å². The van der Waals surface area contributed by atoms with Crippen LogP contribution in [0.5, 0.6) is 0 Å². The summed E-state index contributed by atoms with van der Waals surface area (Å²) in [5.74, 6) is 0.483. The highest BCUT2D eigenvalue weighted by molar-refractivity contribution is 5.95. The molecule has 0 aliphatic rings. The molecule has 0 fully saturated rings. The van der Waals surface area contributed by atoms with E-state index in [9.17, 15) is 4.79 Å². The lowest BCUT2D eigenvalue weighted by molar-refractivity contribution is 0.0930. The highest BCUT2D eigenvalue weighted by Gasteiger charge is 2.16. The molecule has 1 heterocycles. The van der Waals surface area contributed by atoms with Gasteiger partial charge in [-0.2, -0.15) is 0 Å². The lowest BCUT2D eigenvalue weighted by Gasteiger charge is -2.17. The first kappa shape index (κ1) is 12.8. The van der Waals surface area contributed by atoms with Crippen molar-refractivity contribution >= 4 is 5.91 Å². The number of hydrogen-bond acceptors (Lipinski definition) is 1. The van der Waals surface area contributed by atoms with E-state index in [4.69, 9.17) is 0 Å². The Morgan fingerprint density at radius 1 is 1.31 bits per heavy atom. The number of carbonyl (C=O) groups is 1. The van der Waals surface area contributed by atoms with E-state index in [0.717, 1.165) is 17.0 Å². The molecule has 0 bridgehead atoms. The van der Waals surface area contributed by atoms with Crippen LogP contribution >= 0.6 is 0 Å². The minimum absolute atomic E-state index is 0.0300. The molecule has 0 spiro atoms. The number of nitrogens with one attached hydrogen (secondary N) is 1. The van der Waals surface area contributed by atoms with Gasteiger partial charge in [0, 0.05) is 24.5 Å². The summed E-state index contributed by atoms with van der Waals surface area (Å²) in [4.78, 5) is 12.0. The Bertz CT molecular complexity index is 391. The molecule has 1 aromatic rings. The Morgan fingerprint density at radius 3 is 2.25 bits per heavy atom. The van der Waals surface area contributed by atoms with Crippen LogP contribution in [-0.4, -0.2) is 16.5 Å². The monoisotopic (exact) mass is 222 g/mol. The summed E-state index contributed by atoms with van der Waals surface area (Å²) in [5.41, 5.74) is 2.92. The normalized spacial score (nSPS) is 12.9. The Balaban J connectivity index is 2.85. The first-order valence-corrected chi connectivity index (χ1v) is 5.78. The van der Waals surface area contributed by atoms with Crippen LogP contribution in [0.2, 0.25) is 0 Å². The molecule has 0 aromatic carbocycles. The van der Waals surface area contributed by atoms with Gasteiger partial charge in [-0.15, -0.1) is 0 Å². The second-order valence-corrected chi connectivity index (χ2v) is 4.85. The highest BCUT2D eigenvalue weighted by atomic mass is 16.1. The maximum Gasteiger partial charge on any atom is 0.253 e. The van der Waals surface area contributed by atoms with Crippen molar-refractivity contribution < 1.29 is 4.79 Å². The zero-order chi connectivity index (χ0) is 12.5. The summed E-state index contributed by atoms with van der Waals surface area (Å²) in [7, 11) is 1.98. The third-order valence-electron chi connectivity index (χ3n) is 3.38. The van der Waals surface area contributed by atoms with Crippen molar-refractivity contribution in [2.45, 2.75) is 40.7 Å². The lowest BCUT2D eigenvalue weighted by Crippen LogP contribution is -2.36. The average Bonchev–Trinajstić information content (AvgIpc) is 2.45. The van der Waals surface area contributed by atoms with Crippen molar-refractivity contribution in [3.8, 4) is 0 Å². The summed E-state index contributed by atoms with van der Waals surface area (Å²) in [6.07, 6.45) is 0. The second kappa shape index (κ2) is 4.73. The molecule has 16 heavy (non-hydrogen) atoms. The largest absolute Gasteiger partial charge is 0.351 e. The molecule has 0 radical (unpaired) electrons. The number of rotatable bonds is 3. The molecule has 1 N–H and O–H groups in total. The van der Waals surface area contributed by atoms with Gasteiger partial charge in [0.15, 0.2) is 0 Å². The van der Waals surface area contributed by atoms with E-state index in [1.807, 2.05) is 38.5 Å². The van der Waals surface area contributed by atoms with E-state index < -0.39 is 0 Å². The molecule has 0 saturated carbocycles. The van der Waals surface area contributed by atoms with Gasteiger partial charge in [0.1, 0.15) is 0 Å². The molecule has 0 aliphatic carbocycles. The average molecular weight is 222 g/mol. The summed E-state index contributed by atoms with van der Waals surface area (Å²) in [6, 6.07) is 2.14. The molecule has 1 amide bonds. The second-order valence-electron chi connectivity index (χ2n) is 4.85. The lowest BCUT2D eigenvalue weighted by atomic mass is 10.1. The molecule has 0 saturated heterocycles. The Labute approximate surface area is 97.8 Å². The summed E-state index contributed by atoms with van der Waals surface area (Å²) < 4.78 is 2.04. The molecule has 1 unspecified atom stereocenters. The molecule has 1 rings (SSSR count). The van der Waals surface area contributed by atoms with Crippen LogP contribution in [0.3, 0.4) is 0 Å². The van der Waals surface area contributed by atoms with E-state index in [1.54, 1.807) is 0 Å². The first-order valence-electron chi connectivity index (χ1n) is 5.78. The summed E-state index contributed by atoms with van der Waals surface area (Å²) in [5, 5.41) is 3.02. The molecule has 3 heteroatoms. The third-order valence-corrected chi connectivity index (χ3v) is 3.38. The quantitative estimate of drug-likeness (QED) is 0.837.